The first kappa shape index (κ1) is 13.8. The Kier molecular flexibility index (Phi) is 3.99. The normalized spacial score (nSPS) is 26.1. The molecule has 1 aliphatic heterocycles. The number of amides is 1. The highest BCUT2D eigenvalue weighted by molar-refractivity contribution is 7.91. The Balaban J connectivity index is 2.09. The van der Waals surface area contributed by atoms with E-state index in [0.29, 0.717) is 4.88 Å². The molecule has 7 heteroatoms. The molecule has 1 aliphatic rings. The second-order valence-corrected chi connectivity index (χ2v) is 7.93. The highest BCUT2D eigenvalue weighted by Gasteiger charge is 2.37. The van der Waals surface area contributed by atoms with Gasteiger partial charge < -0.3 is 5.32 Å². The number of halogens is 1. The number of carbonyl (C=O) groups excluding carboxylic acids is 1. The molecule has 100 valence electrons. The average Bonchev–Trinajstić information content (AvgIpc) is 2.83. The van der Waals surface area contributed by atoms with Crippen LogP contribution in [0.5, 0.6) is 0 Å². The van der Waals surface area contributed by atoms with Crippen LogP contribution < -0.4 is 5.32 Å². The summed E-state index contributed by atoms with van der Waals surface area (Å²) in [5, 5.41) is 4.04. The summed E-state index contributed by atoms with van der Waals surface area (Å²) < 4.78 is 22.8. The van der Waals surface area contributed by atoms with Gasteiger partial charge in [-0.3, -0.25) is 4.79 Å². The van der Waals surface area contributed by atoms with Crippen LogP contribution in [-0.2, 0) is 16.3 Å². The van der Waals surface area contributed by atoms with Crippen molar-refractivity contribution < 1.29 is 13.2 Å². The van der Waals surface area contributed by atoms with Crippen molar-refractivity contribution in [1.29, 1.82) is 0 Å². The van der Waals surface area contributed by atoms with Crippen molar-refractivity contribution in [2.75, 3.05) is 11.5 Å². The first-order valence-electron chi connectivity index (χ1n) is 5.64. The van der Waals surface area contributed by atoms with Crippen molar-refractivity contribution in [3.63, 3.8) is 0 Å². The maximum absolute atomic E-state index is 12.0. The van der Waals surface area contributed by atoms with Gasteiger partial charge in [0.25, 0.3) is 5.91 Å². The molecule has 1 amide bonds. The van der Waals surface area contributed by atoms with Crippen LogP contribution in [0.25, 0.3) is 0 Å². The predicted molar refractivity (Wildman–Crippen MR) is 73.2 cm³/mol. The number of hydrogen-bond donors (Lipinski definition) is 1. The Morgan fingerprint density at radius 3 is 2.83 bits per heavy atom. The quantitative estimate of drug-likeness (QED) is 0.860. The summed E-state index contributed by atoms with van der Waals surface area (Å²) in [7, 11) is -3.12. The Hall–Kier alpha value is -0.590. The minimum Gasteiger partial charge on any atom is -0.346 e. The van der Waals surface area contributed by atoms with Gasteiger partial charge in [0.05, 0.1) is 27.8 Å². The molecular formula is C11H14ClNO3S2. The number of rotatable bonds is 3. The van der Waals surface area contributed by atoms with Gasteiger partial charge in [-0.2, -0.15) is 0 Å². The lowest BCUT2D eigenvalue weighted by Crippen LogP contribution is -2.40. The molecule has 1 fully saturated rings. The minimum absolute atomic E-state index is 0.0649. The zero-order chi connectivity index (χ0) is 13.3. The summed E-state index contributed by atoms with van der Waals surface area (Å²) in [6, 6.07) is 1.42. The summed E-state index contributed by atoms with van der Waals surface area (Å²) in [4.78, 5) is 12.7. The number of nitrogens with one attached hydrogen (secondary N) is 1. The number of alkyl halides is 1. The molecular weight excluding hydrogens is 294 g/mol. The predicted octanol–water partition coefficient (Wildman–Crippen LogP) is 1.44. The van der Waals surface area contributed by atoms with Crippen LogP contribution in [0.1, 0.15) is 22.2 Å². The molecule has 1 N–H and O–H groups in total. The average molecular weight is 308 g/mol. The van der Waals surface area contributed by atoms with E-state index in [2.05, 4.69) is 5.32 Å². The highest BCUT2D eigenvalue weighted by Crippen LogP contribution is 2.21. The van der Waals surface area contributed by atoms with Crippen molar-refractivity contribution in [2.45, 2.75) is 24.8 Å². The van der Waals surface area contributed by atoms with Gasteiger partial charge in [0.1, 0.15) is 0 Å². The monoisotopic (exact) mass is 307 g/mol. The van der Waals surface area contributed by atoms with Gasteiger partial charge >= 0.3 is 0 Å². The van der Waals surface area contributed by atoms with Crippen LogP contribution in [0.4, 0.5) is 0 Å². The van der Waals surface area contributed by atoms with E-state index in [1.807, 2.05) is 18.4 Å². The van der Waals surface area contributed by atoms with Gasteiger partial charge in [-0.15, -0.1) is 22.9 Å². The molecule has 2 heterocycles. The molecule has 0 saturated carbocycles. The zero-order valence-corrected chi connectivity index (χ0v) is 12.2. The van der Waals surface area contributed by atoms with Crippen LogP contribution in [0.15, 0.2) is 11.4 Å². The summed E-state index contributed by atoms with van der Waals surface area (Å²) >= 11 is 7.31. The van der Waals surface area contributed by atoms with E-state index in [-0.39, 0.29) is 17.4 Å². The second-order valence-electron chi connectivity index (χ2n) is 4.30. The number of thiophene rings is 1. The van der Waals surface area contributed by atoms with E-state index in [9.17, 15) is 13.2 Å². The number of hydrogen-bond acceptors (Lipinski definition) is 4. The number of aryl methyl sites for hydroxylation is 1. The van der Waals surface area contributed by atoms with E-state index >= 15 is 0 Å². The maximum atomic E-state index is 12.0. The lowest BCUT2D eigenvalue weighted by atomic mass is 10.2. The zero-order valence-electron chi connectivity index (χ0n) is 9.85. The van der Waals surface area contributed by atoms with Crippen LogP contribution in [0.3, 0.4) is 0 Å². The summed E-state index contributed by atoms with van der Waals surface area (Å²) in [6.45, 7) is 1.98. The molecule has 2 rings (SSSR count). The molecule has 4 nitrogen and oxygen atoms in total. The molecule has 0 aromatic carbocycles. The van der Waals surface area contributed by atoms with Crippen molar-refractivity contribution in [3.05, 3.63) is 21.9 Å². The minimum atomic E-state index is -3.12. The number of sulfone groups is 1. The summed E-state index contributed by atoms with van der Waals surface area (Å²) in [5.74, 6) is -0.362. The Bertz CT molecular complexity index is 552. The standard InChI is InChI=1S/C11H14ClNO3S2/c1-2-7-3-4-17-10(7)11(14)13-9-6-18(15,16)5-8(9)12/h3-4,8-9H,2,5-6H2,1H3,(H,13,14). The van der Waals surface area contributed by atoms with Crippen molar-refractivity contribution in [2.24, 2.45) is 0 Å². The fourth-order valence-electron chi connectivity index (χ4n) is 1.98. The molecule has 2 atom stereocenters. The third kappa shape index (κ3) is 2.87. The van der Waals surface area contributed by atoms with Crippen molar-refractivity contribution in [1.82, 2.24) is 5.32 Å². The van der Waals surface area contributed by atoms with Crippen LogP contribution in [0, 0.1) is 0 Å². The fraction of sp³-hybridized carbons (Fsp3) is 0.545. The van der Waals surface area contributed by atoms with E-state index in [4.69, 9.17) is 11.6 Å². The molecule has 0 radical (unpaired) electrons. The SMILES string of the molecule is CCc1ccsc1C(=O)NC1CS(=O)(=O)CC1Cl. The van der Waals surface area contributed by atoms with Crippen molar-refractivity contribution >= 4 is 38.7 Å². The lowest BCUT2D eigenvalue weighted by Gasteiger charge is -2.14. The van der Waals surface area contributed by atoms with Gasteiger partial charge in [0.2, 0.25) is 0 Å². The topological polar surface area (TPSA) is 63.2 Å². The largest absolute Gasteiger partial charge is 0.346 e. The maximum Gasteiger partial charge on any atom is 0.261 e. The van der Waals surface area contributed by atoms with E-state index < -0.39 is 21.3 Å². The van der Waals surface area contributed by atoms with Crippen LogP contribution >= 0.6 is 22.9 Å². The molecule has 1 aromatic rings. The second kappa shape index (κ2) is 5.19. The van der Waals surface area contributed by atoms with E-state index in [1.54, 1.807) is 0 Å². The Morgan fingerprint density at radius 2 is 2.28 bits per heavy atom. The first-order chi connectivity index (χ1) is 8.43. The van der Waals surface area contributed by atoms with E-state index in [0.717, 1.165) is 12.0 Å². The third-order valence-electron chi connectivity index (χ3n) is 2.93. The molecule has 0 spiro atoms. The van der Waals surface area contributed by atoms with Gasteiger partial charge in [-0.05, 0) is 23.4 Å². The number of carbonyl (C=O) groups is 1. The van der Waals surface area contributed by atoms with Crippen molar-refractivity contribution in [3.8, 4) is 0 Å². The smallest absolute Gasteiger partial charge is 0.261 e. The summed E-state index contributed by atoms with van der Waals surface area (Å²) in [5.41, 5.74) is 0.976. The molecule has 18 heavy (non-hydrogen) atoms. The van der Waals surface area contributed by atoms with Gasteiger partial charge in [-0.1, -0.05) is 6.92 Å². The van der Waals surface area contributed by atoms with Gasteiger partial charge in [0.15, 0.2) is 9.84 Å². The highest BCUT2D eigenvalue weighted by atomic mass is 35.5. The Morgan fingerprint density at radius 1 is 1.56 bits per heavy atom. The molecule has 0 aliphatic carbocycles. The van der Waals surface area contributed by atoms with Gasteiger partial charge in [-0.25, -0.2) is 8.42 Å². The molecule has 1 aromatic heterocycles. The van der Waals surface area contributed by atoms with Gasteiger partial charge in [0, 0.05) is 0 Å². The fourth-order valence-corrected chi connectivity index (χ4v) is 5.43. The molecule has 0 bridgehead atoms. The van der Waals surface area contributed by atoms with E-state index in [1.165, 1.54) is 11.3 Å². The van der Waals surface area contributed by atoms with Crippen LogP contribution in [0.2, 0.25) is 0 Å². The third-order valence-corrected chi connectivity index (χ3v) is 6.26. The lowest BCUT2D eigenvalue weighted by molar-refractivity contribution is 0.0945. The summed E-state index contributed by atoms with van der Waals surface area (Å²) in [6.07, 6.45) is 0.777. The van der Waals surface area contributed by atoms with Crippen LogP contribution in [-0.4, -0.2) is 37.2 Å². The first-order valence-corrected chi connectivity index (χ1v) is 8.78. The Labute approximate surface area is 115 Å². The molecule has 1 saturated heterocycles. The molecule has 2 unspecified atom stereocenters.